The van der Waals surface area contributed by atoms with Crippen LogP contribution in [-0.2, 0) is 4.79 Å². The van der Waals surface area contributed by atoms with E-state index in [1.165, 1.54) is 22.0 Å². The standard InChI is InChI=1S/C17H21NO/c1-11(2)13-5-8-17-15(9-13)16(10-18-17)12-3-6-14(19)7-4-12/h5,8-12,18H,3-4,6-7H2,1-2H3. The van der Waals surface area contributed by atoms with Crippen molar-refractivity contribution in [3.8, 4) is 0 Å². The highest BCUT2D eigenvalue weighted by atomic mass is 16.1. The summed E-state index contributed by atoms with van der Waals surface area (Å²) in [6.07, 6.45) is 5.67. The molecule has 1 aromatic carbocycles. The Morgan fingerprint density at radius 2 is 1.95 bits per heavy atom. The van der Waals surface area contributed by atoms with Gasteiger partial charge in [0.05, 0.1) is 0 Å². The normalized spacial score (nSPS) is 17.5. The lowest BCUT2D eigenvalue weighted by atomic mass is 9.83. The lowest BCUT2D eigenvalue weighted by Gasteiger charge is -2.20. The van der Waals surface area contributed by atoms with Crippen molar-refractivity contribution in [2.75, 3.05) is 0 Å². The molecule has 1 saturated carbocycles. The molecule has 0 unspecified atom stereocenters. The number of benzene rings is 1. The minimum atomic E-state index is 0.430. The summed E-state index contributed by atoms with van der Waals surface area (Å²) in [6, 6.07) is 6.71. The molecule has 3 rings (SSSR count). The van der Waals surface area contributed by atoms with Crippen LogP contribution in [-0.4, -0.2) is 10.8 Å². The summed E-state index contributed by atoms with van der Waals surface area (Å²) in [4.78, 5) is 14.8. The Kier molecular flexibility index (Phi) is 3.17. The molecule has 1 aliphatic carbocycles. The molecule has 0 radical (unpaired) electrons. The van der Waals surface area contributed by atoms with E-state index in [1.807, 2.05) is 0 Å². The summed E-state index contributed by atoms with van der Waals surface area (Å²) in [5.41, 5.74) is 4.02. The van der Waals surface area contributed by atoms with Gasteiger partial charge in [0.2, 0.25) is 0 Å². The molecule has 0 amide bonds. The van der Waals surface area contributed by atoms with Crippen molar-refractivity contribution in [1.29, 1.82) is 0 Å². The molecule has 1 aliphatic rings. The molecule has 19 heavy (non-hydrogen) atoms. The molecule has 100 valence electrons. The van der Waals surface area contributed by atoms with Gasteiger partial charge in [-0.3, -0.25) is 4.79 Å². The van der Waals surface area contributed by atoms with Crippen molar-refractivity contribution in [2.45, 2.75) is 51.4 Å². The Labute approximate surface area is 114 Å². The number of carbonyl (C=O) groups excluding carboxylic acids is 1. The minimum absolute atomic E-state index is 0.430. The molecule has 1 N–H and O–H groups in total. The van der Waals surface area contributed by atoms with Gasteiger partial charge in [-0.2, -0.15) is 0 Å². The van der Waals surface area contributed by atoms with E-state index in [2.05, 4.69) is 43.2 Å². The number of aromatic amines is 1. The van der Waals surface area contributed by atoms with Crippen molar-refractivity contribution >= 4 is 16.7 Å². The fourth-order valence-electron chi connectivity index (χ4n) is 3.11. The molecule has 0 bridgehead atoms. The molecule has 2 heteroatoms. The zero-order chi connectivity index (χ0) is 13.4. The summed E-state index contributed by atoms with van der Waals surface area (Å²) < 4.78 is 0. The van der Waals surface area contributed by atoms with Crippen LogP contribution in [0.25, 0.3) is 10.9 Å². The van der Waals surface area contributed by atoms with E-state index >= 15 is 0 Å². The van der Waals surface area contributed by atoms with Crippen molar-refractivity contribution < 1.29 is 4.79 Å². The topological polar surface area (TPSA) is 32.9 Å². The van der Waals surface area contributed by atoms with E-state index in [4.69, 9.17) is 0 Å². The van der Waals surface area contributed by atoms with Gasteiger partial charge in [-0.15, -0.1) is 0 Å². The van der Waals surface area contributed by atoms with Gasteiger partial charge in [0.15, 0.2) is 0 Å². The third-order valence-corrected chi connectivity index (χ3v) is 4.39. The number of H-pyrrole nitrogens is 1. The van der Waals surface area contributed by atoms with E-state index in [-0.39, 0.29) is 0 Å². The monoisotopic (exact) mass is 255 g/mol. The summed E-state index contributed by atoms with van der Waals surface area (Å²) in [5, 5.41) is 1.35. The zero-order valence-corrected chi connectivity index (χ0v) is 11.7. The van der Waals surface area contributed by atoms with Crippen molar-refractivity contribution in [2.24, 2.45) is 0 Å². The first-order valence-corrected chi connectivity index (χ1v) is 7.28. The van der Waals surface area contributed by atoms with E-state index in [9.17, 15) is 4.79 Å². The molecule has 0 aliphatic heterocycles. The molecule has 0 atom stereocenters. The Hall–Kier alpha value is -1.57. The Balaban J connectivity index is 1.99. The van der Waals surface area contributed by atoms with Gasteiger partial charge in [-0.25, -0.2) is 0 Å². The summed E-state index contributed by atoms with van der Waals surface area (Å²) >= 11 is 0. The van der Waals surface area contributed by atoms with Crippen molar-refractivity contribution in [1.82, 2.24) is 4.98 Å². The maximum Gasteiger partial charge on any atom is 0.132 e. The maximum atomic E-state index is 11.4. The first-order valence-electron chi connectivity index (χ1n) is 7.28. The highest BCUT2D eigenvalue weighted by molar-refractivity contribution is 5.85. The molecule has 1 aromatic heterocycles. The average molecular weight is 255 g/mol. The zero-order valence-electron chi connectivity index (χ0n) is 11.7. The van der Waals surface area contributed by atoms with Gasteiger partial charge in [-0.1, -0.05) is 19.9 Å². The molecule has 2 nitrogen and oxygen atoms in total. The Morgan fingerprint density at radius 3 is 2.63 bits per heavy atom. The Bertz CT molecular complexity index is 599. The van der Waals surface area contributed by atoms with Crippen molar-refractivity contribution in [3.63, 3.8) is 0 Å². The quantitative estimate of drug-likeness (QED) is 0.841. The fraction of sp³-hybridized carbons (Fsp3) is 0.471. The van der Waals surface area contributed by atoms with E-state index in [0.29, 0.717) is 17.6 Å². The predicted octanol–water partition coefficient (Wildman–Crippen LogP) is 4.52. The van der Waals surface area contributed by atoms with Crippen LogP contribution < -0.4 is 0 Å². The number of aromatic nitrogens is 1. The fourth-order valence-corrected chi connectivity index (χ4v) is 3.11. The molecule has 2 aromatic rings. The second kappa shape index (κ2) is 4.84. The van der Waals surface area contributed by atoms with E-state index < -0.39 is 0 Å². The van der Waals surface area contributed by atoms with Crippen LogP contribution >= 0.6 is 0 Å². The number of hydrogen-bond acceptors (Lipinski definition) is 1. The minimum Gasteiger partial charge on any atom is -0.361 e. The number of fused-ring (bicyclic) bond motifs is 1. The maximum absolute atomic E-state index is 11.4. The number of Topliss-reactive ketones (excluding diaryl/α,β-unsaturated/α-hetero) is 1. The summed E-state index contributed by atoms with van der Waals surface area (Å²) in [5.74, 6) is 1.54. The third kappa shape index (κ3) is 2.32. The van der Waals surface area contributed by atoms with Gasteiger partial charge in [-0.05, 0) is 47.9 Å². The first kappa shape index (κ1) is 12.5. The van der Waals surface area contributed by atoms with Gasteiger partial charge in [0, 0.05) is 29.9 Å². The lowest BCUT2D eigenvalue weighted by Crippen LogP contribution is -2.12. The Morgan fingerprint density at radius 1 is 1.21 bits per heavy atom. The number of nitrogens with one attached hydrogen (secondary N) is 1. The second-order valence-corrected chi connectivity index (χ2v) is 6.02. The highest BCUT2D eigenvalue weighted by Gasteiger charge is 2.22. The van der Waals surface area contributed by atoms with Crippen LogP contribution in [0.15, 0.2) is 24.4 Å². The first-order chi connectivity index (χ1) is 9.15. The highest BCUT2D eigenvalue weighted by Crippen LogP contribution is 2.36. The smallest absolute Gasteiger partial charge is 0.132 e. The SMILES string of the molecule is CC(C)c1ccc2[nH]cc(C3CCC(=O)CC3)c2c1. The second-order valence-electron chi connectivity index (χ2n) is 6.02. The van der Waals surface area contributed by atoms with Gasteiger partial charge >= 0.3 is 0 Å². The van der Waals surface area contributed by atoms with Gasteiger partial charge in [0.1, 0.15) is 5.78 Å². The van der Waals surface area contributed by atoms with Crippen LogP contribution in [0.1, 0.15) is 62.5 Å². The van der Waals surface area contributed by atoms with Crippen LogP contribution in [0.3, 0.4) is 0 Å². The number of ketones is 1. The van der Waals surface area contributed by atoms with Gasteiger partial charge < -0.3 is 4.98 Å². The lowest BCUT2D eigenvalue weighted by molar-refractivity contribution is -0.120. The third-order valence-electron chi connectivity index (χ3n) is 4.39. The number of rotatable bonds is 2. The van der Waals surface area contributed by atoms with Crippen LogP contribution in [0.2, 0.25) is 0 Å². The van der Waals surface area contributed by atoms with E-state index in [0.717, 1.165) is 25.7 Å². The predicted molar refractivity (Wildman–Crippen MR) is 78.6 cm³/mol. The van der Waals surface area contributed by atoms with E-state index in [1.54, 1.807) is 0 Å². The number of hydrogen-bond donors (Lipinski definition) is 1. The average Bonchev–Trinajstić information content (AvgIpc) is 2.82. The summed E-state index contributed by atoms with van der Waals surface area (Å²) in [6.45, 7) is 4.46. The van der Waals surface area contributed by atoms with Gasteiger partial charge in [0.25, 0.3) is 0 Å². The van der Waals surface area contributed by atoms with Crippen LogP contribution in [0, 0.1) is 0 Å². The summed E-state index contributed by atoms with van der Waals surface area (Å²) in [7, 11) is 0. The van der Waals surface area contributed by atoms with Crippen molar-refractivity contribution in [3.05, 3.63) is 35.5 Å². The molecule has 0 saturated heterocycles. The van der Waals surface area contributed by atoms with Crippen LogP contribution in [0.4, 0.5) is 0 Å². The number of carbonyl (C=O) groups is 1. The molecular formula is C17H21NO. The molecule has 0 spiro atoms. The van der Waals surface area contributed by atoms with Crippen LogP contribution in [0.5, 0.6) is 0 Å². The molecular weight excluding hydrogens is 234 g/mol. The molecule has 1 heterocycles. The molecule has 1 fully saturated rings. The largest absolute Gasteiger partial charge is 0.361 e.